The van der Waals surface area contributed by atoms with Gasteiger partial charge in [0.25, 0.3) is 0 Å². The molecule has 1 nitrogen and oxygen atoms in total. The van der Waals surface area contributed by atoms with Crippen molar-refractivity contribution in [3.05, 3.63) is 193 Å². The molecule has 0 aliphatic rings. The molecule has 0 bridgehead atoms. The summed E-state index contributed by atoms with van der Waals surface area (Å²) in [6, 6.07) is 61.8. The molecule has 0 fully saturated rings. The molecule has 0 aliphatic carbocycles. The van der Waals surface area contributed by atoms with Crippen LogP contribution in [0.1, 0.15) is 18.1 Å². The van der Waals surface area contributed by atoms with E-state index in [0.29, 0.717) is 0 Å². The van der Waals surface area contributed by atoms with Crippen LogP contribution in [0, 0.1) is 0 Å². The molecule has 9 aromatic carbocycles. The molecule has 2 aromatic heterocycles. The molecule has 55 heavy (non-hydrogen) atoms. The smallest absolute Gasteiger partial charge is 0.153 e. The zero-order valence-corrected chi connectivity index (χ0v) is 31.0. The minimum absolute atomic E-state index is 0.908. The first-order valence-electron chi connectivity index (χ1n) is 18.9. The van der Waals surface area contributed by atoms with E-state index >= 15 is 0 Å². The van der Waals surface area contributed by atoms with Gasteiger partial charge in [-0.2, -0.15) is 0 Å². The van der Waals surface area contributed by atoms with Crippen LogP contribution in [0.4, 0.5) is 0 Å². The average Bonchev–Trinajstić information content (AvgIpc) is 3.82. The molecule has 0 atom stereocenters. The number of fused-ring (bicyclic) bond motifs is 11. The molecule has 0 saturated heterocycles. The maximum Gasteiger partial charge on any atom is 0.153 e. The second kappa shape index (κ2) is 12.7. The normalized spacial score (nSPS) is 12.5. The second-order valence-corrected chi connectivity index (χ2v) is 15.4. The Morgan fingerprint density at radius 1 is 0.509 bits per heavy atom. The van der Waals surface area contributed by atoms with E-state index in [1.165, 1.54) is 74.7 Å². The minimum atomic E-state index is 0.908. The van der Waals surface area contributed by atoms with E-state index in [2.05, 4.69) is 195 Å². The highest BCUT2D eigenvalue weighted by atomic mass is 32.1. The third-order valence-corrected chi connectivity index (χ3v) is 12.3. The number of hydrogen-bond donors (Lipinski definition) is 0. The first-order chi connectivity index (χ1) is 27.2. The van der Waals surface area contributed by atoms with Gasteiger partial charge in [-0.3, -0.25) is 0 Å². The zero-order chi connectivity index (χ0) is 36.5. The van der Waals surface area contributed by atoms with Crippen LogP contribution in [0.25, 0.3) is 108 Å². The van der Waals surface area contributed by atoms with Gasteiger partial charge in [0.15, 0.2) is 5.58 Å². The van der Waals surface area contributed by atoms with Crippen LogP contribution in [-0.2, 0) is 0 Å². The Morgan fingerprint density at radius 2 is 1.11 bits per heavy atom. The lowest BCUT2D eigenvalue weighted by molar-refractivity contribution is 0.673. The van der Waals surface area contributed by atoms with Crippen molar-refractivity contribution in [1.82, 2.24) is 0 Å². The molecule has 0 saturated carbocycles. The number of allylic oxidation sites excluding steroid dienone is 3. The summed E-state index contributed by atoms with van der Waals surface area (Å²) in [4.78, 5) is 0. The fraction of sp³-hybridized carbons (Fsp3) is 0.0189. The standard InChI is InChI=1S/C53H34OS/c1-2-12-37(38-25-27-40-45-28-29-46-51-39-16-7-6-13-34(39)26-30-48(51)55-53(46)52(45)54-47(40)32-38)31-33-21-23-36(24-22-33)50-43-19-10-8-17-41(43)49(35-14-4-3-5-15-35)42-18-9-11-20-44(42)50/h2-32H,1H3/b12-2-,37-31+. The molecule has 0 aliphatic heterocycles. The van der Waals surface area contributed by atoms with E-state index in [1.807, 2.05) is 11.3 Å². The monoisotopic (exact) mass is 718 g/mol. The molecule has 0 radical (unpaired) electrons. The average molecular weight is 719 g/mol. The van der Waals surface area contributed by atoms with Gasteiger partial charge < -0.3 is 4.42 Å². The first kappa shape index (κ1) is 31.8. The van der Waals surface area contributed by atoms with Gasteiger partial charge in [-0.05, 0) is 109 Å². The van der Waals surface area contributed by atoms with Gasteiger partial charge in [-0.1, -0.05) is 158 Å². The van der Waals surface area contributed by atoms with Gasteiger partial charge >= 0.3 is 0 Å². The van der Waals surface area contributed by atoms with E-state index in [1.54, 1.807) is 0 Å². The van der Waals surface area contributed by atoms with Gasteiger partial charge in [0.05, 0.1) is 4.70 Å². The molecule has 11 aromatic rings. The molecule has 2 heterocycles. The number of thiophene rings is 1. The van der Waals surface area contributed by atoms with Crippen LogP contribution in [0.2, 0.25) is 0 Å². The van der Waals surface area contributed by atoms with Crippen molar-refractivity contribution in [2.45, 2.75) is 6.92 Å². The Morgan fingerprint density at radius 3 is 1.80 bits per heavy atom. The van der Waals surface area contributed by atoms with Gasteiger partial charge in [-0.15, -0.1) is 11.3 Å². The van der Waals surface area contributed by atoms with Gasteiger partial charge in [0, 0.05) is 26.2 Å². The molecule has 0 amide bonds. The summed E-state index contributed by atoms with van der Waals surface area (Å²) in [7, 11) is 0. The van der Waals surface area contributed by atoms with Crippen molar-refractivity contribution in [2.75, 3.05) is 0 Å². The molecule has 0 N–H and O–H groups in total. The van der Waals surface area contributed by atoms with Crippen LogP contribution in [-0.4, -0.2) is 0 Å². The fourth-order valence-corrected chi connectivity index (χ4v) is 9.91. The predicted molar refractivity (Wildman–Crippen MR) is 239 cm³/mol. The highest BCUT2D eigenvalue weighted by Gasteiger charge is 2.18. The largest absolute Gasteiger partial charge is 0.455 e. The van der Waals surface area contributed by atoms with Gasteiger partial charge in [-0.25, -0.2) is 0 Å². The first-order valence-corrected chi connectivity index (χ1v) is 19.7. The molecular weight excluding hydrogens is 685 g/mol. The van der Waals surface area contributed by atoms with E-state index in [-0.39, 0.29) is 0 Å². The van der Waals surface area contributed by atoms with Crippen molar-refractivity contribution in [1.29, 1.82) is 0 Å². The summed E-state index contributed by atoms with van der Waals surface area (Å²) in [5.41, 5.74) is 10.3. The molecule has 2 heteroatoms. The highest BCUT2D eigenvalue weighted by molar-refractivity contribution is 7.26. The lowest BCUT2D eigenvalue weighted by Crippen LogP contribution is -1.90. The lowest BCUT2D eigenvalue weighted by Gasteiger charge is -2.17. The van der Waals surface area contributed by atoms with E-state index in [0.717, 1.165) is 38.6 Å². The predicted octanol–water partition coefficient (Wildman–Crippen LogP) is 15.9. The Kier molecular flexibility index (Phi) is 7.33. The number of rotatable bonds is 5. The van der Waals surface area contributed by atoms with E-state index in [9.17, 15) is 0 Å². The molecular formula is C53H34OS. The maximum atomic E-state index is 6.76. The van der Waals surface area contributed by atoms with Crippen LogP contribution in [0.15, 0.2) is 186 Å². The molecule has 258 valence electrons. The van der Waals surface area contributed by atoms with Gasteiger partial charge in [0.2, 0.25) is 0 Å². The Hall–Kier alpha value is -6.74. The quantitative estimate of drug-likeness (QED) is 0.0981. The summed E-state index contributed by atoms with van der Waals surface area (Å²) < 4.78 is 9.26. The van der Waals surface area contributed by atoms with Crippen molar-refractivity contribution < 1.29 is 4.42 Å². The topological polar surface area (TPSA) is 13.1 Å². The van der Waals surface area contributed by atoms with Crippen LogP contribution in [0.3, 0.4) is 0 Å². The SMILES string of the molecule is C/C=C\C(=C/c1ccc(-c2c3ccccc3c(-c3ccccc3)c3ccccc23)cc1)c1ccc2c(c1)oc1c2ccc2c1sc1ccc3ccccc3c12. The van der Waals surface area contributed by atoms with Crippen LogP contribution < -0.4 is 0 Å². The summed E-state index contributed by atoms with van der Waals surface area (Å²) in [5.74, 6) is 0. The number of furan rings is 1. The van der Waals surface area contributed by atoms with Crippen molar-refractivity contribution in [3.8, 4) is 22.3 Å². The van der Waals surface area contributed by atoms with E-state index < -0.39 is 0 Å². The lowest BCUT2D eigenvalue weighted by atomic mass is 9.86. The number of hydrogen-bond acceptors (Lipinski definition) is 2. The van der Waals surface area contributed by atoms with Crippen molar-refractivity contribution >= 4 is 97.4 Å². The second-order valence-electron chi connectivity index (χ2n) is 14.3. The Balaban J connectivity index is 1.01. The number of benzene rings is 9. The summed E-state index contributed by atoms with van der Waals surface area (Å²) >= 11 is 1.83. The Bertz CT molecular complexity index is 3300. The fourth-order valence-electron chi connectivity index (χ4n) is 8.71. The molecule has 11 rings (SSSR count). The van der Waals surface area contributed by atoms with Crippen molar-refractivity contribution in [2.24, 2.45) is 0 Å². The summed E-state index contributed by atoms with van der Waals surface area (Å²) in [6.45, 7) is 2.08. The van der Waals surface area contributed by atoms with Crippen molar-refractivity contribution in [3.63, 3.8) is 0 Å². The zero-order valence-electron chi connectivity index (χ0n) is 30.2. The third kappa shape index (κ3) is 5.06. The summed E-state index contributed by atoms with van der Waals surface area (Å²) in [6.07, 6.45) is 6.58. The van der Waals surface area contributed by atoms with Crippen LogP contribution in [0.5, 0.6) is 0 Å². The van der Waals surface area contributed by atoms with Gasteiger partial charge in [0.1, 0.15) is 5.58 Å². The maximum absolute atomic E-state index is 6.76. The third-order valence-electron chi connectivity index (χ3n) is 11.2. The Labute approximate surface area is 322 Å². The van der Waals surface area contributed by atoms with E-state index in [4.69, 9.17) is 4.42 Å². The molecule has 0 spiro atoms. The summed E-state index contributed by atoms with van der Waals surface area (Å²) in [5, 5.41) is 12.5. The molecule has 0 unspecified atom stereocenters. The van der Waals surface area contributed by atoms with Crippen LogP contribution >= 0.6 is 11.3 Å². The minimum Gasteiger partial charge on any atom is -0.455 e. The highest BCUT2D eigenvalue weighted by Crippen LogP contribution is 2.46.